The normalized spacial score (nSPS) is 17.1. The van der Waals surface area contributed by atoms with Crippen LogP contribution in [-0.4, -0.2) is 10.2 Å². The van der Waals surface area contributed by atoms with Crippen molar-refractivity contribution in [1.82, 2.24) is 10.2 Å². The fourth-order valence-electron chi connectivity index (χ4n) is 2.33. The number of aromatic nitrogens is 2. The van der Waals surface area contributed by atoms with Crippen LogP contribution in [0.3, 0.4) is 0 Å². The first-order valence-corrected chi connectivity index (χ1v) is 5.89. The Morgan fingerprint density at radius 3 is 2.41 bits per heavy atom. The summed E-state index contributed by atoms with van der Waals surface area (Å²) in [6.07, 6.45) is 1.97. The Kier molecular flexibility index (Phi) is 2.44. The highest BCUT2D eigenvalue weighted by Crippen LogP contribution is 2.33. The van der Waals surface area contributed by atoms with Gasteiger partial charge in [0.05, 0.1) is 6.04 Å². The van der Waals surface area contributed by atoms with Crippen molar-refractivity contribution in [1.29, 1.82) is 0 Å². The lowest BCUT2D eigenvalue weighted by Crippen LogP contribution is -2.04. The van der Waals surface area contributed by atoms with Gasteiger partial charge in [-0.3, -0.25) is 0 Å². The summed E-state index contributed by atoms with van der Waals surface area (Å²) in [5, 5.41) is 8.09. The number of hydrogen-bond acceptors (Lipinski definition) is 4. The topological polar surface area (TPSA) is 64.9 Å². The summed E-state index contributed by atoms with van der Waals surface area (Å²) in [6.45, 7) is 1.85. The summed E-state index contributed by atoms with van der Waals surface area (Å²) in [6, 6.07) is 8.28. The van der Waals surface area contributed by atoms with Crippen molar-refractivity contribution < 1.29 is 4.42 Å². The summed E-state index contributed by atoms with van der Waals surface area (Å²) in [7, 11) is 0. The van der Waals surface area contributed by atoms with Crippen molar-refractivity contribution in [2.45, 2.75) is 31.7 Å². The van der Waals surface area contributed by atoms with Crippen LogP contribution in [0.25, 0.3) is 0 Å². The molecule has 1 heterocycles. The van der Waals surface area contributed by atoms with Crippen molar-refractivity contribution in [2.75, 3.05) is 0 Å². The Morgan fingerprint density at radius 1 is 1.24 bits per heavy atom. The number of nitrogens with two attached hydrogens (primary N) is 1. The molecule has 1 atom stereocenters. The van der Waals surface area contributed by atoms with Gasteiger partial charge in [-0.25, -0.2) is 0 Å². The van der Waals surface area contributed by atoms with Crippen LogP contribution in [-0.2, 0) is 12.8 Å². The van der Waals surface area contributed by atoms with E-state index < -0.39 is 0 Å². The molecule has 1 aliphatic carbocycles. The molecule has 17 heavy (non-hydrogen) atoms. The second kappa shape index (κ2) is 3.96. The molecule has 0 unspecified atom stereocenters. The quantitative estimate of drug-likeness (QED) is 0.855. The van der Waals surface area contributed by atoms with Crippen LogP contribution in [0.1, 0.15) is 41.8 Å². The van der Waals surface area contributed by atoms with Crippen molar-refractivity contribution in [2.24, 2.45) is 5.73 Å². The van der Waals surface area contributed by atoms with Crippen LogP contribution in [0.15, 0.2) is 28.7 Å². The molecule has 0 radical (unpaired) electrons. The SMILES string of the molecule is C[C@H](N)c1nnc(C2Cc3ccccc3C2)o1. The Morgan fingerprint density at radius 2 is 1.88 bits per heavy atom. The zero-order chi connectivity index (χ0) is 11.8. The van der Waals surface area contributed by atoms with Gasteiger partial charge in [-0.2, -0.15) is 0 Å². The lowest BCUT2D eigenvalue weighted by molar-refractivity contribution is 0.401. The Labute approximate surface area is 99.8 Å². The first-order chi connectivity index (χ1) is 8.24. The number of nitrogens with zero attached hydrogens (tertiary/aromatic N) is 2. The third-order valence-corrected chi connectivity index (χ3v) is 3.25. The largest absolute Gasteiger partial charge is 0.423 e. The Balaban J connectivity index is 1.84. The third-order valence-electron chi connectivity index (χ3n) is 3.25. The number of hydrogen-bond donors (Lipinski definition) is 1. The van der Waals surface area contributed by atoms with Crippen molar-refractivity contribution in [3.63, 3.8) is 0 Å². The molecule has 4 nitrogen and oxygen atoms in total. The molecule has 88 valence electrons. The number of benzene rings is 1. The van der Waals surface area contributed by atoms with Gasteiger partial charge in [-0.1, -0.05) is 24.3 Å². The van der Waals surface area contributed by atoms with Crippen molar-refractivity contribution >= 4 is 0 Å². The maximum Gasteiger partial charge on any atom is 0.232 e. The molecule has 0 saturated heterocycles. The van der Waals surface area contributed by atoms with Gasteiger partial charge < -0.3 is 10.2 Å². The molecule has 3 rings (SSSR count). The van der Waals surface area contributed by atoms with Gasteiger partial charge >= 0.3 is 0 Å². The molecule has 1 aromatic carbocycles. The van der Waals surface area contributed by atoms with E-state index in [9.17, 15) is 0 Å². The van der Waals surface area contributed by atoms with E-state index in [0.29, 0.717) is 17.7 Å². The van der Waals surface area contributed by atoms with Crippen LogP contribution >= 0.6 is 0 Å². The predicted molar refractivity (Wildman–Crippen MR) is 63.5 cm³/mol. The molecule has 1 aliphatic rings. The van der Waals surface area contributed by atoms with Gasteiger partial charge in [0, 0.05) is 5.92 Å². The molecule has 0 aliphatic heterocycles. The first kappa shape index (κ1) is 10.5. The smallest absolute Gasteiger partial charge is 0.232 e. The Hall–Kier alpha value is -1.68. The first-order valence-electron chi connectivity index (χ1n) is 5.89. The molecule has 2 N–H and O–H groups in total. The second-order valence-electron chi connectivity index (χ2n) is 4.64. The molecule has 0 bridgehead atoms. The molecular formula is C13H15N3O. The fraction of sp³-hybridized carbons (Fsp3) is 0.385. The van der Waals surface area contributed by atoms with Crippen LogP contribution in [0.2, 0.25) is 0 Å². The highest BCUT2D eigenvalue weighted by atomic mass is 16.4. The van der Waals surface area contributed by atoms with E-state index in [1.165, 1.54) is 11.1 Å². The van der Waals surface area contributed by atoms with Crippen molar-refractivity contribution in [3.8, 4) is 0 Å². The standard InChI is InChI=1S/C13H15N3O/c1-8(14)12-15-16-13(17-12)11-6-9-4-2-3-5-10(9)7-11/h2-5,8,11H,6-7,14H2,1H3/t8-/m0/s1. The molecule has 0 saturated carbocycles. The van der Waals surface area contributed by atoms with Crippen LogP contribution in [0, 0.1) is 0 Å². The molecule has 0 spiro atoms. The maximum atomic E-state index is 5.71. The van der Waals surface area contributed by atoms with Crippen LogP contribution in [0.4, 0.5) is 0 Å². The zero-order valence-corrected chi connectivity index (χ0v) is 9.76. The zero-order valence-electron chi connectivity index (χ0n) is 9.76. The van der Waals surface area contributed by atoms with E-state index in [4.69, 9.17) is 10.2 Å². The molecule has 1 aromatic heterocycles. The van der Waals surface area contributed by atoms with Gasteiger partial charge in [0.25, 0.3) is 0 Å². The van der Waals surface area contributed by atoms with Crippen LogP contribution < -0.4 is 5.73 Å². The summed E-state index contributed by atoms with van der Waals surface area (Å²) >= 11 is 0. The van der Waals surface area contributed by atoms with Gasteiger partial charge in [0.1, 0.15) is 0 Å². The number of rotatable bonds is 2. The molecule has 4 heteroatoms. The monoisotopic (exact) mass is 229 g/mol. The van der Waals surface area contributed by atoms with Gasteiger partial charge in [0.2, 0.25) is 11.8 Å². The third kappa shape index (κ3) is 1.85. The van der Waals surface area contributed by atoms with E-state index in [1.54, 1.807) is 0 Å². The Bertz CT molecular complexity index is 508. The summed E-state index contributed by atoms with van der Waals surface area (Å²) in [5.41, 5.74) is 8.49. The highest BCUT2D eigenvalue weighted by Gasteiger charge is 2.27. The minimum atomic E-state index is -0.194. The van der Waals surface area contributed by atoms with E-state index >= 15 is 0 Å². The highest BCUT2D eigenvalue weighted by molar-refractivity contribution is 5.34. The van der Waals surface area contributed by atoms with E-state index in [1.807, 2.05) is 6.92 Å². The minimum Gasteiger partial charge on any atom is -0.423 e. The average molecular weight is 229 g/mol. The van der Waals surface area contributed by atoms with Gasteiger partial charge in [-0.15, -0.1) is 10.2 Å². The summed E-state index contributed by atoms with van der Waals surface area (Å²) in [4.78, 5) is 0. The molecule has 2 aromatic rings. The van der Waals surface area contributed by atoms with Gasteiger partial charge in [0.15, 0.2) is 0 Å². The van der Waals surface area contributed by atoms with Gasteiger partial charge in [-0.05, 0) is 30.9 Å². The lowest BCUT2D eigenvalue weighted by Gasteiger charge is -2.02. The molecule has 0 fully saturated rings. The molecular weight excluding hydrogens is 214 g/mol. The predicted octanol–water partition coefficient (Wildman–Crippen LogP) is 1.97. The summed E-state index contributed by atoms with van der Waals surface area (Å²) < 4.78 is 5.61. The summed E-state index contributed by atoms with van der Waals surface area (Å²) in [5.74, 6) is 1.55. The van der Waals surface area contributed by atoms with E-state index in [-0.39, 0.29) is 6.04 Å². The maximum absolute atomic E-state index is 5.71. The van der Waals surface area contributed by atoms with E-state index in [0.717, 1.165) is 12.8 Å². The number of fused-ring (bicyclic) bond motifs is 1. The van der Waals surface area contributed by atoms with Crippen LogP contribution in [0.5, 0.6) is 0 Å². The minimum absolute atomic E-state index is 0.194. The van der Waals surface area contributed by atoms with Crippen molar-refractivity contribution in [3.05, 3.63) is 47.2 Å². The second-order valence-corrected chi connectivity index (χ2v) is 4.64. The fourth-order valence-corrected chi connectivity index (χ4v) is 2.33. The lowest BCUT2D eigenvalue weighted by atomic mass is 10.1. The van der Waals surface area contributed by atoms with E-state index in [2.05, 4.69) is 34.5 Å². The molecule has 0 amide bonds. The average Bonchev–Trinajstić information content (AvgIpc) is 2.95.